The normalized spacial score (nSPS) is 28.5. The van der Waals surface area contributed by atoms with Crippen molar-refractivity contribution >= 4 is 18.1 Å². The molecule has 5 nitrogen and oxygen atoms in total. The number of amides is 1. The summed E-state index contributed by atoms with van der Waals surface area (Å²) in [6.45, 7) is 1.39. The van der Waals surface area contributed by atoms with Gasteiger partial charge >= 0.3 is 5.97 Å². The van der Waals surface area contributed by atoms with Gasteiger partial charge in [0, 0.05) is 6.92 Å². The lowest BCUT2D eigenvalue weighted by atomic mass is 9.58. The van der Waals surface area contributed by atoms with Crippen molar-refractivity contribution < 1.29 is 14.3 Å². The maximum Gasteiger partial charge on any atom is 0.308 e. The van der Waals surface area contributed by atoms with E-state index in [1.807, 2.05) is 36.4 Å². The molecule has 0 radical (unpaired) electrons. The number of fused-ring (bicyclic) bond motifs is 1. The van der Waals surface area contributed by atoms with Crippen molar-refractivity contribution in [1.82, 2.24) is 5.43 Å². The van der Waals surface area contributed by atoms with Gasteiger partial charge in [-0.1, -0.05) is 49.2 Å². The van der Waals surface area contributed by atoms with Crippen LogP contribution in [0.1, 0.15) is 57.4 Å². The van der Waals surface area contributed by atoms with Gasteiger partial charge in [0.2, 0.25) is 5.91 Å². The van der Waals surface area contributed by atoms with Crippen LogP contribution in [0, 0.1) is 23.2 Å². The molecule has 32 heavy (non-hydrogen) atoms. The molecule has 6 rings (SSSR count). The quantitative estimate of drug-likeness (QED) is 0.301. The molecule has 1 amide bonds. The van der Waals surface area contributed by atoms with Gasteiger partial charge in [-0.2, -0.15) is 5.10 Å². The Hall–Kier alpha value is -2.95. The van der Waals surface area contributed by atoms with Gasteiger partial charge in [-0.3, -0.25) is 9.59 Å². The average Bonchev–Trinajstić information content (AvgIpc) is 3.00. The molecule has 5 heteroatoms. The summed E-state index contributed by atoms with van der Waals surface area (Å²) in [6.07, 6.45) is 10.1. The van der Waals surface area contributed by atoms with E-state index in [1.165, 1.54) is 32.6 Å². The third-order valence-corrected chi connectivity index (χ3v) is 7.58. The van der Waals surface area contributed by atoms with Gasteiger partial charge < -0.3 is 4.74 Å². The number of nitrogens with one attached hydrogen (secondary N) is 1. The molecule has 2 atom stereocenters. The number of ether oxygens (including phenoxy) is 1. The molecule has 2 unspecified atom stereocenters. The zero-order valence-electron chi connectivity index (χ0n) is 18.5. The molecule has 2 aromatic carbocycles. The van der Waals surface area contributed by atoms with Gasteiger partial charge in [-0.25, -0.2) is 5.43 Å². The molecule has 4 saturated carbocycles. The van der Waals surface area contributed by atoms with Crippen LogP contribution >= 0.6 is 0 Å². The highest BCUT2D eigenvalue weighted by Gasteiger charge is 2.52. The molecule has 1 N–H and O–H groups in total. The third kappa shape index (κ3) is 4.34. The lowest BCUT2D eigenvalue weighted by Gasteiger charge is -2.46. The lowest BCUT2D eigenvalue weighted by molar-refractivity contribution is -0.138. The van der Waals surface area contributed by atoms with Crippen molar-refractivity contribution in [3.05, 3.63) is 54.1 Å². The summed E-state index contributed by atoms with van der Waals surface area (Å²) < 4.78 is 5.08. The first-order valence-electron chi connectivity index (χ1n) is 11.7. The highest BCUT2D eigenvalue weighted by molar-refractivity contribution is 5.86. The van der Waals surface area contributed by atoms with Crippen LogP contribution < -0.4 is 10.2 Å². The molecule has 0 saturated heterocycles. The highest BCUT2D eigenvalue weighted by atomic mass is 16.5. The summed E-state index contributed by atoms with van der Waals surface area (Å²) in [5.74, 6) is 2.53. The Kier molecular flexibility index (Phi) is 5.58. The van der Waals surface area contributed by atoms with Crippen LogP contribution in [0.3, 0.4) is 0 Å². The minimum Gasteiger partial charge on any atom is -0.427 e. The predicted octanol–water partition coefficient (Wildman–Crippen LogP) is 5.34. The van der Waals surface area contributed by atoms with Gasteiger partial charge in [0.15, 0.2) is 0 Å². The van der Waals surface area contributed by atoms with E-state index >= 15 is 0 Å². The third-order valence-electron chi connectivity index (χ3n) is 7.58. The Labute approximate surface area is 189 Å². The van der Waals surface area contributed by atoms with Crippen LogP contribution in [0.5, 0.6) is 5.75 Å². The molecule has 4 fully saturated rings. The Balaban J connectivity index is 1.21. The number of hydrogen-bond acceptors (Lipinski definition) is 4. The fourth-order valence-electron chi connectivity index (χ4n) is 6.40. The summed E-state index contributed by atoms with van der Waals surface area (Å²) in [5, 5.41) is 4.30. The molecule has 2 aromatic rings. The van der Waals surface area contributed by atoms with E-state index in [4.69, 9.17) is 4.74 Å². The minimum atomic E-state index is -0.327. The molecular weight excluding hydrogens is 400 g/mol. The number of esters is 1. The maximum absolute atomic E-state index is 13.1. The maximum atomic E-state index is 13.1. The summed E-state index contributed by atoms with van der Waals surface area (Å²) in [4.78, 5) is 24.2. The van der Waals surface area contributed by atoms with Crippen molar-refractivity contribution in [2.75, 3.05) is 0 Å². The molecule has 0 aliphatic heterocycles. The Morgan fingerprint density at radius 1 is 0.906 bits per heavy atom. The van der Waals surface area contributed by atoms with Gasteiger partial charge in [-0.05, 0) is 78.7 Å². The summed E-state index contributed by atoms with van der Waals surface area (Å²) in [5.41, 5.74) is 5.72. The van der Waals surface area contributed by atoms with Crippen molar-refractivity contribution in [3.63, 3.8) is 0 Å². The second-order valence-electron chi connectivity index (χ2n) is 9.98. The summed E-state index contributed by atoms with van der Waals surface area (Å²) >= 11 is 0. The Bertz CT molecular complexity index is 1010. The largest absolute Gasteiger partial charge is 0.427 e. The van der Waals surface area contributed by atoms with Crippen molar-refractivity contribution in [2.45, 2.75) is 51.9 Å². The number of hydrazone groups is 1. The SMILES string of the molecule is CC(=O)Oc1ccc(-c2ccc(/C=N/NC(=O)C34CC5CCC(CC(C5)C3)C4)cc2)cc1. The van der Waals surface area contributed by atoms with E-state index < -0.39 is 0 Å². The van der Waals surface area contributed by atoms with Gasteiger partial charge in [0.1, 0.15) is 5.75 Å². The number of carbonyl (C=O) groups excluding carboxylic acids is 2. The number of benzene rings is 2. The van der Waals surface area contributed by atoms with Crippen molar-refractivity contribution in [3.8, 4) is 16.9 Å². The van der Waals surface area contributed by atoms with E-state index in [9.17, 15) is 9.59 Å². The number of nitrogens with zero attached hydrogens (tertiary/aromatic N) is 1. The van der Waals surface area contributed by atoms with Crippen LogP contribution in [0.25, 0.3) is 11.1 Å². The Morgan fingerprint density at radius 2 is 1.47 bits per heavy atom. The summed E-state index contributed by atoms with van der Waals surface area (Å²) in [6, 6.07) is 15.4. The minimum absolute atomic E-state index is 0.125. The molecular formula is C27H30N2O3. The van der Waals surface area contributed by atoms with Gasteiger partial charge in [-0.15, -0.1) is 0 Å². The van der Waals surface area contributed by atoms with Crippen LogP contribution in [-0.4, -0.2) is 18.1 Å². The number of carbonyl (C=O) groups is 2. The van der Waals surface area contributed by atoms with Crippen LogP contribution in [-0.2, 0) is 9.59 Å². The van der Waals surface area contributed by atoms with E-state index in [-0.39, 0.29) is 17.3 Å². The molecule has 166 valence electrons. The van der Waals surface area contributed by atoms with E-state index in [2.05, 4.69) is 10.5 Å². The fraction of sp³-hybridized carbons (Fsp3) is 0.444. The molecule has 0 heterocycles. The van der Waals surface area contributed by atoms with E-state index in [0.717, 1.165) is 53.7 Å². The zero-order valence-corrected chi connectivity index (χ0v) is 18.5. The molecule has 0 spiro atoms. The second kappa shape index (κ2) is 8.53. The average molecular weight is 431 g/mol. The highest BCUT2D eigenvalue weighted by Crippen LogP contribution is 2.57. The smallest absolute Gasteiger partial charge is 0.308 e. The summed E-state index contributed by atoms with van der Waals surface area (Å²) in [7, 11) is 0. The number of rotatable bonds is 5. The second-order valence-corrected chi connectivity index (χ2v) is 9.98. The molecule has 4 aliphatic carbocycles. The fourth-order valence-corrected chi connectivity index (χ4v) is 6.40. The molecule has 4 bridgehead atoms. The predicted molar refractivity (Wildman–Crippen MR) is 124 cm³/mol. The molecule has 4 aliphatic rings. The van der Waals surface area contributed by atoms with E-state index in [1.54, 1.807) is 18.3 Å². The molecule has 0 aromatic heterocycles. The zero-order chi connectivity index (χ0) is 22.1. The Morgan fingerprint density at radius 3 is 2.06 bits per heavy atom. The number of hydrogen-bond donors (Lipinski definition) is 1. The van der Waals surface area contributed by atoms with Gasteiger partial charge in [0.05, 0.1) is 11.6 Å². The first kappa shape index (κ1) is 20.9. The van der Waals surface area contributed by atoms with Crippen molar-refractivity contribution in [1.29, 1.82) is 0 Å². The van der Waals surface area contributed by atoms with E-state index in [0.29, 0.717) is 5.75 Å². The first-order chi connectivity index (χ1) is 15.5. The monoisotopic (exact) mass is 430 g/mol. The van der Waals surface area contributed by atoms with Gasteiger partial charge in [0.25, 0.3) is 0 Å². The lowest BCUT2D eigenvalue weighted by Crippen LogP contribution is -2.47. The topological polar surface area (TPSA) is 67.8 Å². The van der Waals surface area contributed by atoms with Crippen molar-refractivity contribution in [2.24, 2.45) is 28.3 Å². The van der Waals surface area contributed by atoms with Crippen LogP contribution in [0.15, 0.2) is 53.6 Å². The first-order valence-corrected chi connectivity index (χ1v) is 11.7. The standard InChI is InChI=1S/C27H30N2O3/c1-18(30)32-25-10-8-24(9-11-25)23-6-4-19(5-7-23)17-28-29-26(31)27-14-20-2-3-21(15-27)13-22(12-20)16-27/h4-11,17,20-22H,2-3,12-16H2,1H3,(H,29,31)/b28-17+. The van der Waals surface area contributed by atoms with Crippen LogP contribution in [0.4, 0.5) is 0 Å². The van der Waals surface area contributed by atoms with Crippen LogP contribution in [0.2, 0.25) is 0 Å².